The summed E-state index contributed by atoms with van der Waals surface area (Å²) in [6, 6.07) is 7.92. The lowest BCUT2D eigenvalue weighted by molar-refractivity contribution is 0.611. The molecule has 17 heavy (non-hydrogen) atoms. The van der Waals surface area contributed by atoms with Gasteiger partial charge >= 0.3 is 0 Å². The topological polar surface area (TPSA) is 63.7 Å². The van der Waals surface area contributed by atoms with Gasteiger partial charge in [-0.25, -0.2) is 4.98 Å². The minimum Gasteiger partial charge on any atom is -0.368 e. The standard InChI is InChI=1S/C13H16N4/c1-11(2)10-17(8-4-6-14)13-5-3-7-16-12(13)9-15/h3,5,7,11H,4,8,10H2,1-2H3. The second kappa shape index (κ2) is 6.50. The lowest BCUT2D eigenvalue weighted by Crippen LogP contribution is -2.29. The smallest absolute Gasteiger partial charge is 0.163 e. The van der Waals surface area contributed by atoms with E-state index in [0.29, 0.717) is 24.6 Å². The molecule has 4 nitrogen and oxygen atoms in total. The van der Waals surface area contributed by atoms with Gasteiger partial charge in [0.2, 0.25) is 0 Å². The van der Waals surface area contributed by atoms with Crippen molar-refractivity contribution in [3.8, 4) is 12.1 Å². The Hall–Kier alpha value is -2.07. The number of pyridine rings is 1. The zero-order valence-corrected chi connectivity index (χ0v) is 10.2. The number of anilines is 1. The average Bonchev–Trinajstić information content (AvgIpc) is 2.34. The molecule has 0 atom stereocenters. The van der Waals surface area contributed by atoms with Gasteiger partial charge < -0.3 is 4.90 Å². The van der Waals surface area contributed by atoms with Gasteiger partial charge in [-0.2, -0.15) is 10.5 Å². The van der Waals surface area contributed by atoms with Crippen LogP contribution in [0.25, 0.3) is 0 Å². The highest BCUT2D eigenvalue weighted by molar-refractivity contribution is 5.55. The summed E-state index contributed by atoms with van der Waals surface area (Å²) in [5.74, 6) is 0.473. The van der Waals surface area contributed by atoms with Gasteiger partial charge in [0.25, 0.3) is 0 Å². The van der Waals surface area contributed by atoms with Crippen molar-refractivity contribution in [3.05, 3.63) is 24.0 Å². The maximum atomic E-state index is 9.02. The quantitative estimate of drug-likeness (QED) is 0.775. The van der Waals surface area contributed by atoms with E-state index in [1.807, 2.05) is 12.1 Å². The number of nitrogens with zero attached hydrogens (tertiary/aromatic N) is 4. The first-order chi connectivity index (χ1) is 8.19. The van der Waals surface area contributed by atoms with E-state index < -0.39 is 0 Å². The molecule has 0 bridgehead atoms. The molecule has 0 unspecified atom stereocenters. The summed E-state index contributed by atoms with van der Waals surface area (Å²) in [7, 11) is 0. The average molecular weight is 228 g/mol. The van der Waals surface area contributed by atoms with E-state index in [1.54, 1.807) is 6.20 Å². The number of nitriles is 2. The Bertz CT molecular complexity index is 439. The van der Waals surface area contributed by atoms with E-state index in [-0.39, 0.29) is 0 Å². The highest BCUT2D eigenvalue weighted by atomic mass is 15.1. The summed E-state index contributed by atoms with van der Waals surface area (Å²) in [5.41, 5.74) is 1.24. The zero-order chi connectivity index (χ0) is 12.7. The minimum atomic E-state index is 0.422. The molecular formula is C13H16N4. The predicted molar refractivity (Wildman–Crippen MR) is 66.2 cm³/mol. The van der Waals surface area contributed by atoms with Crippen LogP contribution in [0.15, 0.2) is 18.3 Å². The van der Waals surface area contributed by atoms with Gasteiger partial charge in [-0.15, -0.1) is 0 Å². The van der Waals surface area contributed by atoms with E-state index in [9.17, 15) is 0 Å². The van der Waals surface area contributed by atoms with Crippen LogP contribution in [-0.4, -0.2) is 18.1 Å². The third kappa shape index (κ3) is 3.77. The van der Waals surface area contributed by atoms with Crippen LogP contribution in [0.1, 0.15) is 26.0 Å². The molecule has 1 aromatic heterocycles. The van der Waals surface area contributed by atoms with Gasteiger partial charge in [0.15, 0.2) is 5.69 Å². The molecule has 0 aliphatic carbocycles. The molecule has 0 aliphatic rings. The van der Waals surface area contributed by atoms with Crippen molar-refractivity contribution in [3.63, 3.8) is 0 Å². The number of rotatable bonds is 5. The van der Waals surface area contributed by atoms with E-state index >= 15 is 0 Å². The van der Waals surface area contributed by atoms with Crippen LogP contribution >= 0.6 is 0 Å². The monoisotopic (exact) mass is 228 g/mol. The van der Waals surface area contributed by atoms with Crippen molar-refractivity contribution >= 4 is 5.69 Å². The van der Waals surface area contributed by atoms with Gasteiger partial charge in [0, 0.05) is 19.3 Å². The van der Waals surface area contributed by atoms with Crippen molar-refractivity contribution < 1.29 is 0 Å². The van der Waals surface area contributed by atoms with Crippen LogP contribution in [0, 0.1) is 28.6 Å². The van der Waals surface area contributed by atoms with Crippen molar-refractivity contribution in [2.75, 3.05) is 18.0 Å². The Labute approximate surface area is 102 Å². The fourth-order valence-corrected chi connectivity index (χ4v) is 1.67. The Kier molecular flexibility index (Phi) is 4.97. The molecule has 0 amide bonds. The van der Waals surface area contributed by atoms with Gasteiger partial charge in [0.1, 0.15) is 6.07 Å². The fraction of sp³-hybridized carbons (Fsp3) is 0.462. The molecule has 0 saturated heterocycles. The fourth-order valence-electron chi connectivity index (χ4n) is 1.67. The Balaban J connectivity index is 2.96. The van der Waals surface area contributed by atoms with Gasteiger partial charge in [-0.3, -0.25) is 0 Å². The molecule has 0 aromatic carbocycles. The predicted octanol–water partition coefficient (Wildman–Crippen LogP) is 2.33. The third-order valence-electron chi connectivity index (χ3n) is 2.31. The zero-order valence-electron chi connectivity index (χ0n) is 10.2. The van der Waals surface area contributed by atoms with Crippen LogP contribution < -0.4 is 4.90 Å². The molecule has 0 saturated carbocycles. The lowest BCUT2D eigenvalue weighted by atomic mass is 10.1. The third-order valence-corrected chi connectivity index (χ3v) is 2.31. The summed E-state index contributed by atoms with van der Waals surface area (Å²) in [5, 5.41) is 17.7. The first-order valence-corrected chi connectivity index (χ1v) is 5.66. The highest BCUT2D eigenvalue weighted by Gasteiger charge is 2.12. The molecule has 0 fully saturated rings. The van der Waals surface area contributed by atoms with Crippen molar-refractivity contribution in [2.24, 2.45) is 5.92 Å². The summed E-state index contributed by atoms with van der Waals surface area (Å²) in [4.78, 5) is 6.10. The first kappa shape index (κ1) is 13.0. The number of hydrogen-bond acceptors (Lipinski definition) is 4. The van der Waals surface area contributed by atoms with Crippen LogP contribution in [0.4, 0.5) is 5.69 Å². The second-order valence-corrected chi connectivity index (χ2v) is 4.23. The molecule has 4 heteroatoms. The Morgan fingerprint density at radius 2 is 2.18 bits per heavy atom. The maximum absolute atomic E-state index is 9.02. The summed E-state index contributed by atoms with van der Waals surface area (Å²) in [6.45, 7) is 5.68. The maximum Gasteiger partial charge on any atom is 0.163 e. The van der Waals surface area contributed by atoms with Crippen molar-refractivity contribution in [1.82, 2.24) is 4.98 Å². The van der Waals surface area contributed by atoms with Crippen LogP contribution in [0.3, 0.4) is 0 Å². The molecule has 0 aliphatic heterocycles. The van der Waals surface area contributed by atoms with E-state index in [1.165, 1.54) is 0 Å². The van der Waals surface area contributed by atoms with Gasteiger partial charge in [0.05, 0.1) is 18.2 Å². The van der Waals surface area contributed by atoms with Crippen LogP contribution in [0.5, 0.6) is 0 Å². The highest BCUT2D eigenvalue weighted by Crippen LogP contribution is 2.19. The SMILES string of the molecule is CC(C)CN(CCC#N)c1cccnc1C#N. The number of hydrogen-bond donors (Lipinski definition) is 0. The van der Waals surface area contributed by atoms with E-state index in [2.05, 4.69) is 35.9 Å². The summed E-state index contributed by atoms with van der Waals surface area (Å²) >= 11 is 0. The molecule has 0 spiro atoms. The molecule has 0 N–H and O–H groups in total. The molecule has 88 valence electrons. The summed E-state index contributed by atoms with van der Waals surface area (Å²) < 4.78 is 0. The first-order valence-electron chi connectivity index (χ1n) is 5.66. The minimum absolute atomic E-state index is 0.422. The molecule has 1 aromatic rings. The van der Waals surface area contributed by atoms with E-state index in [4.69, 9.17) is 10.5 Å². The molecule has 1 heterocycles. The Morgan fingerprint density at radius 3 is 2.76 bits per heavy atom. The van der Waals surface area contributed by atoms with Crippen LogP contribution in [0.2, 0.25) is 0 Å². The normalized spacial score (nSPS) is 9.71. The second-order valence-electron chi connectivity index (χ2n) is 4.23. The van der Waals surface area contributed by atoms with E-state index in [0.717, 1.165) is 12.2 Å². The van der Waals surface area contributed by atoms with Crippen molar-refractivity contribution in [2.45, 2.75) is 20.3 Å². The van der Waals surface area contributed by atoms with Crippen LogP contribution in [-0.2, 0) is 0 Å². The molecular weight excluding hydrogens is 212 g/mol. The molecule has 1 rings (SSSR count). The van der Waals surface area contributed by atoms with Crippen molar-refractivity contribution in [1.29, 1.82) is 10.5 Å². The lowest BCUT2D eigenvalue weighted by Gasteiger charge is -2.26. The van der Waals surface area contributed by atoms with Gasteiger partial charge in [-0.1, -0.05) is 13.8 Å². The largest absolute Gasteiger partial charge is 0.368 e. The molecule has 0 radical (unpaired) electrons. The van der Waals surface area contributed by atoms with Gasteiger partial charge in [-0.05, 0) is 18.1 Å². The Morgan fingerprint density at radius 1 is 1.41 bits per heavy atom. The summed E-state index contributed by atoms with van der Waals surface area (Å²) in [6.07, 6.45) is 2.06. The number of aromatic nitrogens is 1.